The first-order chi connectivity index (χ1) is 11.5. The van der Waals surface area contributed by atoms with E-state index in [1.54, 1.807) is 21.3 Å². The van der Waals surface area contributed by atoms with Gasteiger partial charge >= 0.3 is 0 Å². The molecule has 2 heterocycles. The monoisotopic (exact) mass is 350 g/mol. The molecule has 2 aliphatic heterocycles. The van der Waals surface area contributed by atoms with Crippen LogP contribution >= 0.6 is 0 Å². The second-order valence-electron chi connectivity index (χ2n) is 7.01. The van der Waals surface area contributed by atoms with E-state index in [2.05, 4.69) is 0 Å². The SMILES string of the molecule is COCC(=O)N1CC[C@]2(C1)c1ccccc1S(=O)(=O)N2CC1CC1. The van der Waals surface area contributed by atoms with Crippen molar-refractivity contribution in [2.45, 2.75) is 29.7 Å². The van der Waals surface area contributed by atoms with Crippen LogP contribution in [0.15, 0.2) is 29.2 Å². The standard InChI is InChI=1S/C17H22N2O4S/c1-23-11-16(20)18-9-8-17(12-18)14-4-2-3-5-15(14)24(21,22)19(17)10-13-6-7-13/h2-5,13H,6-12H2,1H3/t17-/m0/s1. The minimum Gasteiger partial charge on any atom is -0.375 e. The predicted molar refractivity (Wildman–Crippen MR) is 87.8 cm³/mol. The number of nitrogens with zero attached hydrogens (tertiary/aromatic N) is 2. The Morgan fingerprint density at radius 2 is 2.08 bits per heavy atom. The quantitative estimate of drug-likeness (QED) is 0.818. The van der Waals surface area contributed by atoms with Crippen LogP contribution < -0.4 is 0 Å². The summed E-state index contributed by atoms with van der Waals surface area (Å²) in [5.74, 6) is 0.372. The number of hydrogen-bond acceptors (Lipinski definition) is 4. The summed E-state index contributed by atoms with van der Waals surface area (Å²) in [6, 6.07) is 7.26. The van der Waals surface area contributed by atoms with Gasteiger partial charge in [-0.3, -0.25) is 4.79 Å². The molecular weight excluding hydrogens is 328 g/mol. The maximum absolute atomic E-state index is 13.1. The van der Waals surface area contributed by atoms with Crippen LogP contribution in [0.2, 0.25) is 0 Å². The van der Waals surface area contributed by atoms with Crippen LogP contribution in [0.4, 0.5) is 0 Å². The number of ether oxygens (including phenoxy) is 1. The minimum absolute atomic E-state index is 0.0348. The van der Waals surface area contributed by atoms with Crippen molar-refractivity contribution >= 4 is 15.9 Å². The third-order valence-corrected chi connectivity index (χ3v) is 7.41. The molecule has 2 fully saturated rings. The van der Waals surface area contributed by atoms with Crippen molar-refractivity contribution in [1.29, 1.82) is 0 Å². The molecule has 1 saturated carbocycles. The summed E-state index contributed by atoms with van der Waals surface area (Å²) < 4.78 is 32.9. The van der Waals surface area contributed by atoms with Crippen molar-refractivity contribution < 1.29 is 17.9 Å². The van der Waals surface area contributed by atoms with E-state index in [0.29, 0.717) is 36.9 Å². The van der Waals surface area contributed by atoms with Crippen LogP contribution in [0, 0.1) is 5.92 Å². The van der Waals surface area contributed by atoms with Gasteiger partial charge in [-0.2, -0.15) is 4.31 Å². The number of fused-ring (bicyclic) bond motifs is 2. The Labute approximate surface area is 142 Å². The van der Waals surface area contributed by atoms with Crippen molar-refractivity contribution in [3.05, 3.63) is 29.8 Å². The summed E-state index contributed by atoms with van der Waals surface area (Å²) >= 11 is 0. The maximum atomic E-state index is 13.1. The Morgan fingerprint density at radius 1 is 1.33 bits per heavy atom. The summed E-state index contributed by atoms with van der Waals surface area (Å²) in [6.45, 7) is 1.57. The van der Waals surface area contributed by atoms with Gasteiger partial charge in [-0.1, -0.05) is 18.2 Å². The zero-order chi connectivity index (χ0) is 16.9. The number of carbonyl (C=O) groups is 1. The summed E-state index contributed by atoms with van der Waals surface area (Å²) in [4.78, 5) is 14.4. The Hall–Kier alpha value is -1.44. The highest BCUT2D eigenvalue weighted by Gasteiger charge is 2.58. The zero-order valence-corrected chi connectivity index (χ0v) is 14.6. The number of amides is 1. The molecule has 0 radical (unpaired) electrons. The fourth-order valence-corrected chi connectivity index (χ4v) is 6.15. The summed E-state index contributed by atoms with van der Waals surface area (Å²) in [5, 5.41) is 0. The second kappa shape index (κ2) is 5.54. The average molecular weight is 350 g/mol. The molecule has 1 saturated heterocycles. The van der Waals surface area contributed by atoms with E-state index in [0.717, 1.165) is 18.4 Å². The molecular formula is C17H22N2O4S. The highest BCUT2D eigenvalue weighted by atomic mass is 32.2. The van der Waals surface area contributed by atoms with Gasteiger partial charge in [-0.05, 0) is 36.8 Å². The molecule has 1 aromatic rings. The molecule has 0 N–H and O–H groups in total. The molecule has 130 valence electrons. The van der Waals surface area contributed by atoms with E-state index in [1.165, 1.54) is 7.11 Å². The highest BCUT2D eigenvalue weighted by molar-refractivity contribution is 7.89. The van der Waals surface area contributed by atoms with Crippen LogP contribution in [0.25, 0.3) is 0 Å². The molecule has 1 atom stereocenters. The largest absolute Gasteiger partial charge is 0.375 e. The molecule has 7 heteroatoms. The summed E-state index contributed by atoms with van der Waals surface area (Å²) in [5.41, 5.74) is 0.236. The first-order valence-corrected chi connectivity index (χ1v) is 9.82. The van der Waals surface area contributed by atoms with Crippen molar-refractivity contribution in [1.82, 2.24) is 9.21 Å². The maximum Gasteiger partial charge on any atom is 0.248 e. The van der Waals surface area contributed by atoms with Gasteiger partial charge in [0.15, 0.2) is 0 Å². The molecule has 0 aromatic heterocycles. The molecule has 1 spiro atoms. The van der Waals surface area contributed by atoms with Crippen molar-refractivity contribution in [2.24, 2.45) is 5.92 Å². The lowest BCUT2D eigenvalue weighted by Gasteiger charge is -2.34. The van der Waals surface area contributed by atoms with Gasteiger partial charge in [0, 0.05) is 26.7 Å². The lowest BCUT2D eigenvalue weighted by atomic mass is 9.88. The molecule has 3 aliphatic rings. The van der Waals surface area contributed by atoms with Crippen LogP contribution in [-0.2, 0) is 25.1 Å². The van der Waals surface area contributed by atoms with Crippen LogP contribution in [0.3, 0.4) is 0 Å². The lowest BCUT2D eigenvalue weighted by Crippen LogP contribution is -2.47. The van der Waals surface area contributed by atoms with Gasteiger partial charge in [-0.15, -0.1) is 0 Å². The Bertz CT molecular complexity index is 775. The highest BCUT2D eigenvalue weighted by Crippen LogP contribution is 2.50. The number of carbonyl (C=O) groups excluding carboxylic acids is 1. The topological polar surface area (TPSA) is 66.9 Å². The third kappa shape index (κ3) is 2.29. The van der Waals surface area contributed by atoms with E-state index in [1.807, 2.05) is 12.1 Å². The van der Waals surface area contributed by atoms with Crippen LogP contribution in [0.1, 0.15) is 24.8 Å². The Balaban J connectivity index is 1.75. The van der Waals surface area contributed by atoms with E-state index in [4.69, 9.17) is 4.74 Å². The Kier molecular flexibility index (Phi) is 3.71. The second-order valence-corrected chi connectivity index (χ2v) is 8.84. The molecule has 24 heavy (non-hydrogen) atoms. The molecule has 1 amide bonds. The third-order valence-electron chi connectivity index (χ3n) is 5.42. The van der Waals surface area contributed by atoms with Crippen molar-refractivity contribution in [3.8, 4) is 0 Å². The van der Waals surface area contributed by atoms with Gasteiger partial charge in [0.05, 0.1) is 10.4 Å². The van der Waals surface area contributed by atoms with Gasteiger partial charge in [0.25, 0.3) is 0 Å². The van der Waals surface area contributed by atoms with Gasteiger partial charge in [-0.25, -0.2) is 8.42 Å². The van der Waals surface area contributed by atoms with E-state index in [9.17, 15) is 13.2 Å². The number of likely N-dealkylation sites (tertiary alicyclic amines) is 1. The van der Waals surface area contributed by atoms with Crippen LogP contribution in [0.5, 0.6) is 0 Å². The predicted octanol–water partition coefficient (Wildman–Crippen LogP) is 1.17. The van der Waals surface area contributed by atoms with Crippen LogP contribution in [-0.4, -0.2) is 56.9 Å². The molecule has 1 aliphatic carbocycles. The number of rotatable bonds is 4. The Morgan fingerprint density at radius 3 is 2.79 bits per heavy atom. The average Bonchev–Trinajstić information content (AvgIpc) is 3.25. The first kappa shape index (κ1) is 16.1. The number of hydrogen-bond donors (Lipinski definition) is 0. The first-order valence-electron chi connectivity index (χ1n) is 8.38. The fraction of sp³-hybridized carbons (Fsp3) is 0.588. The van der Waals surface area contributed by atoms with Gasteiger partial charge < -0.3 is 9.64 Å². The fourth-order valence-electron chi connectivity index (χ4n) is 4.01. The van der Waals surface area contributed by atoms with Crippen molar-refractivity contribution in [2.75, 3.05) is 33.4 Å². The van der Waals surface area contributed by atoms with Gasteiger partial charge in [0.2, 0.25) is 15.9 Å². The number of benzene rings is 1. The summed E-state index contributed by atoms with van der Waals surface area (Å²) in [6.07, 6.45) is 2.82. The molecule has 6 nitrogen and oxygen atoms in total. The zero-order valence-electron chi connectivity index (χ0n) is 13.8. The molecule has 0 unspecified atom stereocenters. The smallest absolute Gasteiger partial charge is 0.248 e. The van der Waals surface area contributed by atoms with E-state index < -0.39 is 15.6 Å². The van der Waals surface area contributed by atoms with E-state index in [-0.39, 0.29) is 12.5 Å². The van der Waals surface area contributed by atoms with Crippen molar-refractivity contribution in [3.63, 3.8) is 0 Å². The lowest BCUT2D eigenvalue weighted by molar-refractivity contribution is -0.134. The molecule has 0 bridgehead atoms. The normalized spacial score (nSPS) is 28.5. The minimum atomic E-state index is -3.49. The van der Waals surface area contributed by atoms with Gasteiger partial charge in [0.1, 0.15) is 6.61 Å². The summed E-state index contributed by atoms with van der Waals surface area (Å²) in [7, 11) is -1.99. The number of methoxy groups -OCH3 is 1. The van der Waals surface area contributed by atoms with E-state index >= 15 is 0 Å². The number of sulfonamides is 1. The molecule has 1 aromatic carbocycles. The molecule has 4 rings (SSSR count).